The van der Waals surface area contributed by atoms with Gasteiger partial charge in [-0.1, -0.05) is 0 Å². The largest absolute Gasteiger partial charge is 0.349 e. The van der Waals surface area contributed by atoms with Crippen molar-refractivity contribution >= 4 is 5.91 Å². The van der Waals surface area contributed by atoms with E-state index in [2.05, 4.69) is 24.1 Å². The molecular formula is C10H19N3O. The first-order valence-electron chi connectivity index (χ1n) is 5.31. The standard InChI is InChI=1S/C10H19N3O/c1-10(2)6-13(7-3-4-7)8(5-11)9(14)12-10/h7-8H,3-6,11H2,1-2H3,(H,12,14). The molecule has 0 aromatic heterocycles. The fourth-order valence-electron chi connectivity index (χ4n) is 2.21. The molecule has 4 heteroatoms. The summed E-state index contributed by atoms with van der Waals surface area (Å²) in [6.45, 7) is 5.48. The molecule has 1 heterocycles. The maximum atomic E-state index is 11.8. The van der Waals surface area contributed by atoms with Crippen LogP contribution in [-0.4, -0.2) is 41.5 Å². The van der Waals surface area contributed by atoms with E-state index in [9.17, 15) is 4.79 Å². The Bertz CT molecular complexity index is 248. The monoisotopic (exact) mass is 197 g/mol. The van der Waals surface area contributed by atoms with Gasteiger partial charge in [-0.25, -0.2) is 0 Å². The molecule has 1 aliphatic carbocycles. The number of rotatable bonds is 2. The number of hydrogen-bond acceptors (Lipinski definition) is 3. The highest BCUT2D eigenvalue weighted by Gasteiger charge is 2.43. The number of hydrogen-bond donors (Lipinski definition) is 2. The predicted molar refractivity (Wildman–Crippen MR) is 54.8 cm³/mol. The van der Waals surface area contributed by atoms with Crippen LogP contribution in [0.2, 0.25) is 0 Å². The molecule has 0 spiro atoms. The second-order valence-electron chi connectivity index (χ2n) is 5.03. The summed E-state index contributed by atoms with van der Waals surface area (Å²) in [4.78, 5) is 14.0. The normalized spacial score (nSPS) is 32.8. The van der Waals surface area contributed by atoms with E-state index in [1.807, 2.05) is 0 Å². The first-order chi connectivity index (χ1) is 6.53. The van der Waals surface area contributed by atoms with Gasteiger partial charge in [-0.2, -0.15) is 0 Å². The van der Waals surface area contributed by atoms with Crippen molar-refractivity contribution in [1.29, 1.82) is 0 Å². The third-order valence-corrected chi connectivity index (χ3v) is 2.98. The molecule has 1 aliphatic heterocycles. The van der Waals surface area contributed by atoms with Crippen LogP contribution in [0.25, 0.3) is 0 Å². The molecule has 14 heavy (non-hydrogen) atoms. The number of piperazine rings is 1. The fraction of sp³-hybridized carbons (Fsp3) is 0.900. The number of carbonyl (C=O) groups is 1. The van der Waals surface area contributed by atoms with Crippen LogP contribution in [0.3, 0.4) is 0 Å². The Labute approximate surface area is 84.8 Å². The Morgan fingerprint density at radius 2 is 2.21 bits per heavy atom. The lowest BCUT2D eigenvalue weighted by Gasteiger charge is -2.43. The van der Waals surface area contributed by atoms with Crippen LogP contribution in [0.4, 0.5) is 0 Å². The zero-order chi connectivity index (χ0) is 10.3. The Balaban J connectivity index is 2.13. The van der Waals surface area contributed by atoms with E-state index in [0.29, 0.717) is 12.6 Å². The second-order valence-corrected chi connectivity index (χ2v) is 5.03. The van der Waals surface area contributed by atoms with Crippen molar-refractivity contribution in [3.05, 3.63) is 0 Å². The molecule has 1 amide bonds. The first kappa shape index (κ1) is 9.93. The van der Waals surface area contributed by atoms with Gasteiger partial charge in [-0.05, 0) is 26.7 Å². The maximum Gasteiger partial charge on any atom is 0.239 e. The van der Waals surface area contributed by atoms with Crippen molar-refractivity contribution < 1.29 is 4.79 Å². The van der Waals surface area contributed by atoms with Crippen molar-refractivity contribution in [2.75, 3.05) is 13.1 Å². The summed E-state index contributed by atoms with van der Waals surface area (Å²) in [5, 5.41) is 3.01. The average molecular weight is 197 g/mol. The molecule has 2 fully saturated rings. The minimum Gasteiger partial charge on any atom is -0.349 e. The van der Waals surface area contributed by atoms with Gasteiger partial charge in [0.25, 0.3) is 0 Å². The summed E-state index contributed by atoms with van der Waals surface area (Å²) in [6, 6.07) is 0.504. The lowest BCUT2D eigenvalue weighted by Crippen LogP contribution is -2.66. The van der Waals surface area contributed by atoms with Gasteiger partial charge in [0.05, 0.1) is 0 Å². The Hall–Kier alpha value is -0.610. The SMILES string of the molecule is CC1(C)CN(C2CC2)C(CN)C(=O)N1. The minimum atomic E-state index is -0.106. The third kappa shape index (κ3) is 1.77. The lowest BCUT2D eigenvalue weighted by atomic mass is 9.98. The quantitative estimate of drug-likeness (QED) is 0.638. The molecule has 0 bridgehead atoms. The van der Waals surface area contributed by atoms with Gasteiger partial charge in [0.1, 0.15) is 6.04 Å². The van der Waals surface area contributed by atoms with Gasteiger partial charge in [-0.15, -0.1) is 0 Å². The maximum absolute atomic E-state index is 11.8. The van der Waals surface area contributed by atoms with E-state index in [1.165, 1.54) is 12.8 Å². The summed E-state index contributed by atoms with van der Waals surface area (Å²) in [6.07, 6.45) is 2.44. The van der Waals surface area contributed by atoms with Crippen molar-refractivity contribution in [3.8, 4) is 0 Å². The van der Waals surface area contributed by atoms with Crippen molar-refractivity contribution in [2.45, 2.75) is 44.3 Å². The number of amides is 1. The van der Waals surface area contributed by atoms with E-state index < -0.39 is 0 Å². The van der Waals surface area contributed by atoms with Crippen molar-refractivity contribution in [3.63, 3.8) is 0 Å². The molecule has 1 atom stereocenters. The topological polar surface area (TPSA) is 58.4 Å². The van der Waals surface area contributed by atoms with E-state index in [4.69, 9.17) is 5.73 Å². The zero-order valence-electron chi connectivity index (χ0n) is 8.92. The number of nitrogens with one attached hydrogen (secondary N) is 1. The molecule has 1 saturated carbocycles. The summed E-state index contributed by atoms with van der Waals surface area (Å²) in [5.74, 6) is 0.0932. The number of nitrogens with two attached hydrogens (primary N) is 1. The Morgan fingerprint density at radius 1 is 1.57 bits per heavy atom. The summed E-state index contributed by atoms with van der Waals surface area (Å²) >= 11 is 0. The number of nitrogens with zero attached hydrogens (tertiary/aromatic N) is 1. The second kappa shape index (κ2) is 3.21. The van der Waals surface area contributed by atoms with Gasteiger partial charge < -0.3 is 11.1 Å². The summed E-state index contributed by atoms with van der Waals surface area (Å²) < 4.78 is 0. The molecule has 4 nitrogen and oxygen atoms in total. The minimum absolute atomic E-state index is 0.0932. The first-order valence-corrected chi connectivity index (χ1v) is 5.31. The van der Waals surface area contributed by atoms with Crippen LogP contribution >= 0.6 is 0 Å². The predicted octanol–water partition coefficient (Wildman–Crippen LogP) is -0.313. The molecule has 0 aromatic rings. The highest BCUT2D eigenvalue weighted by atomic mass is 16.2. The Kier molecular flexibility index (Phi) is 2.27. The van der Waals surface area contributed by atoms with Crippen LogP contribution in [0.5, 0.6) is 0 Å². The lowest BCUT2D eigenvalue weighted by molar-refractivity contribution is -0.132. The van der Waals surface area contributed by atoms with E-state index in [0.717, 1.165) is 6.54 Å². The molecule has 2 aliphatic rings. The molecule has 3 N–H and O–H groups in total. The van der Waals surface area contributed by atoms with Crippen LogP contribution in [0.1, 0.15) is 26.7 Å². The molecule has 0 radical (unpaired) electrons. The van der Waals surface area contributed by atoms with Crippen LogP contribution in [-0.2, 0) is 4.79 Å². The van der Waals surface area contributed by atoms with Crippen LogP contribution < -0.4 is 11.1 Å². The molecule has 80 valence electrons. The van der Waals surface area contributed by atoms with Gasteiger partial charge in [0.15, 0.2) is 0 Å². The molecule has 1 saturated heterocycles. The van der Waals surface area contributed by atoms with Crippen molar-refractivity contribution in [2.24, 2.45) is 5.73 Å². The summed E-state index contributed by atoms with van der Waals surface area (Å²) in [7, 11) is 0. The smallest absolute Gasteiger partial charge is 0.239 e. The third-order valence-electron chi connectivity index (χ3n) is 2.98. The van der Waals surface area contributed by atoms with Crippen LogP contribution in [0.15, 0.2) is 0 Å². The molecular weight excluding hydrogens is 178 g/mol. The number of carbonyl (C=O) groups excluding carboxylic acids is 1. The van der Waals surface area contributed by atoms with Gasteiger partial charge >= 0.3 is 0 Å². The van der Waals surface area contributed by atoms with Gasteiger partial charge in [0, 0.05) is 24.7 Å². The molecule has 2 rings (SSSR count). The van der Waals surface area contributed by atoms with E-state index in [-0.39, 0.29) is 17.5 Å². The fourth-order valence-corrected chi connectivity index (χ4v) is 2.21. The molecule has 1 unspecified atom stereocenters. The van der Waals surface area contributed by atoms with Gasteiger partial charge in [0.2, 0.25) is 5.91 Å². The molecule has 0 aromatic carbocycles. The average Bonchev–Trinajstić information content (AvgIpc) is 2.83. The van der Waals surface area contributed by atoms with Crippen LogP contribution in [0, 0.1) is 0 Å². The van der Waals surface area contributed by atoms with Crippen molar-refractivity contribution in [1.82, 2.24) is 10.2 Å². The van der Waals surface area contributed by atoms with E-state index >= 15 is 0 Å². The Morgan fingerprint density at radius 3 is 2.71 bits per heavy atom. The highest BCUT2D eigenvalue weighted by Crippen LogP contribution is 2.31. The zero-order valence-corrected chi connectivity index (χ0v) is 8.92. The highest BCUT2D eigenvalue weighted by molar-refractivity contribution is 5.83. The summed E-state index contributed by atoms with van der Waals surface area (Å²) in [5.41, 5.74) is 5.53. The van der Waals surface area contributed by atoms with Gasteiger partial charge in [-0.3, -0.25) is 9.69 Å². The van der Waals surface area contributed by atoms with E-state index in [1.54, 1.807) is 0 Å².